The molecule has 0 atom stereocenters. The van der Waals surface area contributed by atoms with E-state index in [-0.39, 0.29) is 6.54 Å². The van der Waals surface area contributed by atoms with E-state index in [9.17, 15) is 4.79 Å². The fourth-order valence-electron chi connectivity index (χ4n) is 1.29. The molecule has 94 valence electrons. The Morgan fingerprint density at radius 1 is 1.35 bits per heavy atom. The van der Waals surface area contributed by atoms with Crippen LogP contribution in [0.15, 0.2) is 12.4 Å². The highest BCUT2D eigenvalue weighted by Gasteiger charge is 2.11. The molecular formula is C11H18N4O2. The van der Waals surface area contributed by atoms with Crippen LogP contribution >= 0.6 is 0 Å². The highest BCUT2D eigenvalue weighted by Crippen LogP contribution is 2.16. The topological polar surface area (TPSA) is 69.6 Å². The number of carboxylic acids is 1. The third kappa shape index (κ3) is 3.58. The summed E-state index contributed by atoms with van der Waals surface area (Å²) in [6.45, 7) is 4.04. The molecule has 17 heavy (non-hydrogen) atoms. The zero-order valence-corrected chi connectivity index (χ0v) is 10.6. The molecule has 6 heteroatoms. The molecule has 0 radical (unpaired) electrons. The first-order valence-corrected chi connectivity index (χ1v) is 5.39. The number of rotatable bonds is 5. The lowest BCUT2D eigenvalue weighted by molar-refractivity contribution is -0.135. The largest absolute Gasteiger partial charge is 0.480 e. The second kappa shape index (κ2) is 5.47. The van der Waals surface area contributed by atoms with Crippen LogP contribution in [-0.2, 0) is 4.79 Å². The van der Waals surface area contributed by atoms with Crippen LogP contribution in [-0.4, -0.2) is 47.7 Å². The Morgan fingerprint density at radius 2 is 1.94 bits per heavy atom. The summed E-state index contributed by atoms with van der Waals surface area (Å²) in [5, 5.41) is 8.72. The summed E-state index contributed by atoms with van der Waals surface area (Å²) < 4.78 is 0. The molecule has 0 aliphatic carbocycles. The van der Waals surface area contributed by atoms with Crippen molar-refractivity contribution in [2.75, 3.05) is 30.4 Å². The molecular weight excluding hydrogens is 220 g/mol. The minimum absolute atomic E-state index is 0.0815. The van der Waals surface area contributed by atoms with E-state index in [1.807, 2.05) is 11.9 Å². The zero-order valence-electron chi connectivity index (χ0n) is 10.6. The molecule has 0 spiro atoms. The number of aliphatic carboxylic acids is 1. The van der Waals surface area contributed by atoms with Gasteiger partial charge in [0.15, 0.2) is 0 Å². The first kappa shape index (κ1) is 13.2. The Hall–Kier alpha value is -1.85. The molecule has 0 saturated heterocycles. The minimum atomic E-state index is -0.884. The van der Waals surface area contributed by atoms with Crippen molar-refractivity contribution in [1.82, 2.24) is 9.97 Å². The zero-order chi connectivity index (χ0) is 13.0. The predicted octanol–water partition coefficient (Wildman–Crippen LogP) is 0.842. The summed E-state index contributed by atoms with van der Waals surface area (Å²) in [5.74, 6) is 0.497. The molecule has 6 nitrogen and oxygen atoms in total. The fourth-order valence-corrected chi connectivity index (χ4v) is 1.29. The number of nitrogens with zero attached hydrogens (tertiary/aromatic N) is 4. The second-order valence-electron chi connectivity index (χ2n) is 4.19. The summed E-state index contributed by atoms with van der Waals surface area (Å²) in [6, 6.07) is 2.10. The second-order valence-corrected chi connectivity index (χ2v) is 4.19. The predicted molar refractivity (Wildman–Crippen MR) is 66.5 cm³/mol. The van der Waals surface area contributed by atoms with Gasteiger partial charge >= 0.3 is 5.97 Å². The smallest absolute Gasteiger partial charge is 0.323 e. The first-order valence-electron chi connectivity index (χ1n) is 5.39. The van der Waals surface area contributed by atoms with Gasteiger partial charge in [0.1, 0.15) is 24.5 Å². The molecule has 0 unspecified atom stereocenters. The molecule has 0 aromatic carbocycles. The van der Waals surface area contributed by atoms with E-state index in [1.54, 1.807) is 18.0 Å². The van der Waals surface area contributed by atoms with Gasteiger partial charge < -0.3 is 14.9 Å². The van der Waals surface area contributed by atoms with Gasteiger partial charge in [-0.1, -0.05) is 0 Å². The molecule has 1 aromatic rings. The van der Waals surface area contributed by atoms with Gasteiger partial charge in [0, 0.05) is 26.2 Å². The molecule has 0 saturated carbocycles. The van der Waals surface area contributed by atoms with E-state index in [0.29, 0.717) is 11.9 Å². The van der Waals surface area contributed by atoms with Crippen LogP contribution in [0.2, 0.25) is 0 Å². The van der Waals surface area contributed by atoms with Crippen LogP contribution in [0.1, 0.15) is 13.8 Å². The van der Waals surface area contributed by atoms with Crippen molar-refractivity contribution < 1.29 is 9.90 Å². The normalized spacial score (nSPS) is 10.4. The van der Waals surface area contributed by atoms with Crippen LogP contribution < -0.4 is 9.80 Å². The Kier molecular flexibility index (Phi) is 4.25. The van der Waals surface area contributed by atoms with E-state index in [2.05, 4.69) is 23.8 Å². The Morgan fingerprint density at radius 3 is 2.47 bits per heavy atom. The molecule has 1 heterocycles. The van der Waals surface area contributed by atoms with Crippen molar-refractivity contribution in [3.8, 4) is 0 Å². The maximum Gasteiger partial charge on any atom is 0.323 e. The third-order valence-corrected chi connectivity index (χ3v) is 2.54. The number of anilines is 2. The van der Waals surface area contributed by atoms with Crippen molar-refractivity contribution >= 4 is 17.6 Å². The number of carboxylic acid groups (broad SMARTS) is 1. The monoisotopic (exact) mass is 238 g/mol. The number of likely N-dealkylation sites (N-methyl/N-ethyl adjacent to an activating group) is 1. The molecule has 0 fully saturated rings. The van der Waals surface area contributed by atoms with Gasteiger partial charge in [-0.2, -0.15) is 0 Å². The van der Waals surface area contributed by atoms with Crippen LogP contribution in [0.5, 0.6) is 0 Å². The number of hydrogen-bond acceptors (Lipinski definition) is 5. The minimum Gasteiger partial charge on any atom is -0.480 e. The van der Waals surface area contributed by atoms with Gasteiger partial charge in [0.2, 0.25) is 0 Å². The van der Waals surface area contributed by atoms with Crippen molar-refractivity contribution in [3.63, 3.8) is 0 Å². The third-order valence-electron chi connectivity index (χ3n) is 2.54. The fraction of sp³-hybridized carbons (Fsp3) is 0.545. The highest BCUT2D eigenvalue weighted by atomic mass is 16.4. The van der Waals surface area contributed by atoms with Gasteiger partial charge in [-0.3, -0.25) is 4.79 Å². The standard InChI is InChI=1S/C11H18N4O2/c1-8(2)15(4)10-5-9(12-7-13-10)14(3)6-11(16)17/h5,7-8H,6H2,1-4H3,(H,16,17). The maximum atomic E-state index is 10.6. The summed E-state index contributed by atoms with van der Waals surface area (Å²) in [4.78, 5) is 22.4. The summed E-state index contributed by atoms with van der Waals surface area (Å²) in [5.41, 5.74) is 0. The molecule has 0 aliphatic heterocycles. The van der Waals surface area contributed by atoms with Crippen LogP contribution in [0.3, 0.4) is 0 Å². The summed E-state index contributed by atoms with van der Waals surface area (Å²) in [6.07, 6.45) is 1.45. The lowest BCUT2D eigenvalue weighted by Gasteiger charge is -2.24. The lowest BCUT2D eigenvalue weighted by Crippen LogP contribution is -2.29. The van der Waals surface area contributed by atoms with Gasteiger partial charge in [0.25, 0.3) is 0 Å². The van der Waals surface area contributed by atoms with E-state index < -0.39 is 5.97 Å². The van der Waals surface area contributed by atoms with E-state index in [1.165, 1.54) is 6.33 Å². The van der Waals surface area contributed by atoms with Gasteiger partial charge in [-0.25, -0.2) is 9.97 Å². The van der Waals surface area contributed by atoms with Gasteiger partial charge in [-0.05, 0) is 13.8 Å². The summed E-state index contributed by atoms with van der Waals surface area (Å²) in [7, 11) is 3.63. The average molecular weight is 238 g/mol. The van der Waals surface area contributed by atoms with Crippen LogP contribution in [0.4, 0.5) is 11.6 Å². The molecule has 0 bridgehead atoms. The maximum absolute atomic E-state index is 10.6. The number of carbonyl (C=O) groups is 1. The van der Waals surface area contributed by atoms with Crippen LogP contribution in [0, 0.1) is 0 Å². The van der Waals surface area contributed by atoms with Gasteiger partial charge in [-0.15, -0.1) is 0 Å². The van der Waals surface area contributed by atoms with Crippen LogP contribution in [0.25, 0.3) is 0 Å². The molecule has 1 aromatic heterocycles. The van der Waals surface area contributed by atoms with Crippen molar-refractivity contribution in [1.29, 1.82) is 0 Å². The molecule has 1 N–H and O–H groups in total. The molecule has 0 aliphatic rings. The Bertz CT molecular complexity index is 395. The lowest BCUT2D eigenvalue weighted by atomic mass is 10.3. The quantitative estimate of drug-likeness (QED) is 0.819. The average Bonchev–Trinajstić information content (AvgIpc) is 2.27. The molecule has 1 rings (SSSR count). The summed E-state index contributed by atoms with van der Waals surface area (Å²) >= 11 is 0. The first-order chi connectivity index (χ1) is 7.91. The van der Waals surface area contributed by atoms with E-state index >= 15 is 0 Å². The SMILES string of the molecule is CC(C)N(C)c1cc(N(C)CC(=O)O)ncn1. The van der Waals surface area contributed by atoms with Gasteiger partial charge in [0.05, 0.1) is 0 Å². The van der Waals surface area contributed by atoms with E-state index in [4.69, 9.17) is 5.11 Å². The Labute approximate surface area is 101 Å². The molecule has 0 amide bonds. The number of aromatic nitrogens is 2. The highest BCUT2D eigenvalue weighted by molar-refractivity contribution is 5.73. The van der Waals surface area contributed by atoms with Crippen molar-refractivity contribution in [3.05, 3.63) is 12.4 Å². The number of hydrogen-bond donors (Lipinski definition) is 1. The Balaban J connectivity index is 2.89. The van der Waals surface area contributed by atoms with Crippen molar-refractivity contribution in [2.45, 2.75) is 19.9 Å². The van der Waals surface area contributed by atoms with E-state index in [0.717, 1.165) is 5.82 Å². The van der Waals surface area contributed by atoms with Crippen molar-refractivity contribution in [2.24, 2.45) is 0 Å².